The van der Waals surface area contributed by atoms with Gasteiger partial charge in [-0.15, -0.1) is 0 Å². The number of hydrogen-bond acceptors (Lipinski definition) is 4. The predicted octanol–water partition coefficient (Wildman–Crippen LogP) is 3.42. The molecule has 4 rings (SSSR count). The molecule has 0 radical (unpaired) electrons. The Balaban J connectivity index is 1.86. The van der Waals surface area contributed by atoms with Crippen LogP contribution in [0.4, 0.5) is 5.69 Å². The van der Waals surface area contributed by atoms with E-state index in [1.807, 2.05) is 47.1 Å². The largest absolute Gasteiger partial charge is 0.457 e. The predicted molar refractivity (Wildman–Crippen MR) is 93.3 cm³/mol. The van der Waals surface area contributed by atoms with Crippen molar-refractivity contribution in [2.24, 2.45) is 0 Å². The van der Waals surface area contributed by atoms with Crippen LogP contribution in [-0.4, -0.2) is 14.9 Å². The minimum Gasteiger partial charge on any atom is -0.457 e. The summed E-state index contributed by atoms with van der Waals surface area (Å²) >= 11 is 0. The highest BCUT2D eigenvalue weighted by atomic mass is 16.4. The van der Waals surface area contributed by atoms with E-state index in [1.54, 1.807) is 6.07 Å². The zero-order valence-electron chi connectivity index (χ0n) is 13.0. The monoisotopic (exact) mass is 319 g/mol. The van der Waals surface area contributed by atoms with Crippen molar-refractivity contribution in [2.45, 2.75) is 13.2 Å². The lowest BCUT2D eigenvalue weighted by molar-refractivity contribution is 0.248. The Hall–Kier alpha value is -3.05. The molecule has 0 saturated carbocycles. The van der Waals surface area contributed by atoms with Gasteiger partial charge in [-0.2, -0.15) is 5.10 Å². The smallest absolute Gasteiger partial charge is 0.155 e. The number of nitrogens with zero attached hydrogens (tertiary/aromatic N) is 2. The Morgan fingerprint density at radius 2 is 1.88 bits per heavy atom. The molecule has 0 spiro atoms. The minimum atomic E-state index is -0.129. The zero-order valence-corrected chi connectivity index (χ0v) is 13.0. The second-order valence-electron chi connectivity index (χ2n) is 5.69. The Morgan fingerprint density at radius 3 is 2.62 bits per heavy atom. The number of aliphatic hydroxyl groups is 1. The average molecular weight is 319 g/mol. The molecule has 24 heavy (non-hydrogen) atoms. The fourth-order valence-corrected chi connectivity index (χ4v) is 2.84. The molecule has 3 N–H and O–H groups in total. The van der Waals surface area contributed by atoms with Gasteiger partial charge in [0, 0.05) is 11.1 Å². The van der Waals surface area contributed by atoms with Crippen LogP contribution in [0.5, 0.6) is 0 Å². The lowest BCUT2D eigenvalue weighted by Gasteiger charge is -2.04. The van der Waals surface area contributed by atoms with Gasteiger partial charge in [-0.3, -0.25) is 4.68 Å². The zero-order chi connectivity index (χ0) is 16.5. The summed E-state index contributed by atoms with van der Waals surface area (Å²) < 4.78 is 7.59. The summed E-state index contributed by atoms with van der Waals surface area (Å²) in [4.78, 5) is 0. The average Bonchev–Trinajstić information content (AvgIpc) is 3.21. The molecular formula is C19H17N3O2. The van der Waals surface area contributed by atoms with E-state index in [9.17, 15) is 5.11 Å². The van der Waals surface area contributed by atoms with Gasteiger partial charge in [-0.25, -0.2) is 0 Å². The van der Waals surface area contributed by atoms with Crippen molar-refractivity contribution in [3.63, 3.8) is 0 Å². The van der Waals surface area contributed by atoms with Gasteiger partial charge >= 0.3 is 0 Å². The topological polar surface area (TPSA) is 77.2 Å². The first-order valence-electron chi connectivity index (χ1n) is 7.74. The molecule has 0 aliphatic rings. The summed E-state index contributed by atoms with van der Waals surface area (Å²) in [5.74, 6) is 1.16. The summed E-state index contributed by atoms with van der Waals surface area (Å²) in [6.45, 7) is 0.518. The van der Waals surface area contributed by atoms with Gasteiger partial charge in [0.05, 0.1) is 12.1 Å². The van der Waals surface area contributed by atoms with Crippen molar-refractivity contribution in [1.29, 1.82) is 0 Å². The van der Waals surface area contributed by atoms with E-state index in [-0.39, 0.29) is 6.61 Å². The molecule has 2 aromatic heterocycles. The molecule has 0 aliphatic carbocycles. The van der Waals surface area contributed by atoms with Crippen LogP contribution in [0.25, 0.3) is 22.4 Å². The first kappa shape index (κ1) is 14.5. The third kappa shape index (κ3) is 2.55. The van der Waals surface area contributed by atoms with E-state index in [1.165, 1.54) is 0 Å². The Kier molecular flexibility index (Phi) is 3.55. The first-order valence-corrected chi connectivity index (χ1v) is 7.74. The van der Waals surface area contributed by atoms with E-state index in [4.69, 9.17) is 15.2 Å². The quantitative estimate of drug-likeness (QED) is 0.565. The highest BCUT2D eigenvalue weighted by Gasteiger charge is 2.16. The van der Waals surface area contributed by atoms with Crippen LogP contribution in [0.2, 0.25) is 0 Å². The number of anilines is 1. The number of nitrogens with two attached hydrogens (primary N) is 1. The van der Waals surface area contributed by atoms with E-state index >= 15 is 0 Å². The normalized spacial score (nSPS) is 11.2. The van der Waals surface area contributed by atoms with Crippen LogP contribution in [-0.2, 0) is 13.2 Å². The Morgan fingerprint density at radius 1 is 1.04 bits per heavy atom. The number of benzene rings is 2. The van der Waals surface area contributed by atoms with Crippen molar-refractivity contribution in [3.8, 4) is 11.5 Å². The van der Waals surface area contributed by atoms with Gasteiger partial charge < -0.3 is 15.3 Å². The molecule has 0 atom stereocenters. The maximum absolute atomic E-state index is 9.21. The van der Waals surface area contributed by atoms with E-state index < -0.39 is 0 Å². The number of aromatic nitrogens is 2. The summed E-state index contributed by atoms with van der Waals surface area (Å²) in [5.41, 5.74) is 9.52. The van der Waals surface area contributed by atoms with E-state index in [0.717, 1.165) is 22.2 Å². The number of hydrogen-bond donors (Lipinski definition) is 2. The summed E-state index contributed by atoms with van der Waals surface area (Å²) in [5, 5.41) is 14.9. The van der Waals surface area contributed by atoms with Gasteiger partial charge in [-0.1, -0.05) is 30.3 Å². The molecule has 0 fully saturated rings. The fraction of sp³-hybridized carbons (Fsp3) is 0.105. The molecule has 0 bridgehead atoms. The highest BCUT2D eigenvalue weighted by Crippen LogP contribution is 2.31. The SMILES string of the molecule is Nc1ccc2c(-c3ccc(CO)o3)nn(Cc3ccccc3)c2c1. The molecule has 5 nitrogen and oxygen atoms in total. The van der Waals surface area contributed by atoms with Gasteiger partial charge in [-0.05, 0) is 35.9 Å². The third-order valence-corrected chi connectivity index (χ3v) is 4.00. The van der Waals surface area contributed by atoms with Crippen molar-refractivity contribution < 1.29 is 9.52 Å². The van der Waals surface area contributed by atoms with E-state index in [0.29, 0.717) is 23.8 Å². The third-order valence-electron chi connectivity index (χ3n) is 4.00. The number of fused-ring (bicyclic) bond motifs is 1. The molecule has 0 aliphatic heterocycles. The summed E-state index contributed by atoms with van der Waals surface area (Å²) in [6.07, 6.45) is 0. The molecule has 2 aromatic carbocycles. The molecule has 0 amide bonds. The van der Waals surface area contributed by atoms with Crippen LogP contribution >= 0.6 is 0 Å². The second kappa shape index (κ2) is 5.86. The van der Waals surface area contributed by atoms with Gasteiger partial charge in [0.15, 0.2) is 5.76 Å². The Bertz CT molecular complexity index is 986. The number of nitrogen functional groups attached to an aromatic ring is 1. The van der Waals surface area contributed by atoms with E-state index in [2.05, 4.69) is 12.1 Å². The van der Waals surface area contributed by atoms with Gasteiger partial charge in [0.25, 0.3) is 0 Å². The van der Waals surface area contributed by atoms with Crippen LogP contribution in [0.1, 0.15) is 11.3 Å². The minimum absolute atomic E-state index is 0.129. The Labute approximate surface area is 138 Å². The second-order valence-corrected chi connectivity index (χ2v) is 5.69. The van der Waals surface area contributed by atoms with Crippen molar-refractivity contribution in [2.75, 3.05) is 5.73 Å². The summed E-state index contributed by atoms with van der Waals surface area (Å²) in [6, 6.07) is 19.5. The molecule has 0 saturated heterocycles. The molecule has 120 valence electrons. The number of aliphatic hydroxyl groups excluding tert-OH is 1. The van der Waals surface area contributed by atoms with Gasteiger partial charge in [0.2, 0.25) is 0 Å². The molecule has 2 heterocycles. The van der Waals surface area contributed by atoms with Crippen molar-refractivity contribution in [3.05, 3.63) is 72.0 Å². The fourth-order valence-electron chi connectivity index (χ4n) is 2.84. The van der Waals surface area contributed by atoms with Crippen molar-refractivity contribution in [1.82, 2.24) is 9.78 Å². The maximum atomic E-state index is 9.21. The van der Waals surface area contributed by atoms with Crippen LogP contribution in [0.15, 0.2) is 65.1 Å². The van der Waals surface area contributed by atoms with Crippen molar-refractivity contribution >= 4 is 16.6 Å². The lowest BCUT2D eigenvalue weighted by Crippen LogP contribution is -2.01. The van der Waals surface area contributed by atoms with Crippen LogP contribution in [0.3, 0.4) is 0 Å². The molecule has 5 heteroatoms. The highest BCUT2D eigenvalue weighted by molar-refractivity contribution is 5.93. The van der Waals surface area contributed by atoms with Crippen LogP contribution < -0.4 is 5.73 Å². The van der Waals surface area contributed by atoms with Gasteiger partial charge in [0.1, 0.15) is 18.1 Å². The standard InChI is InChI=1S/C19H17N3O2/c20-14-6-8-16-17(10-14)22(11-13-4-2-1-3-5-13)21-19(16)18-9-7-15(12-23)24-18/h1-10,23H,11-12,20H2. The molecule has 4 aromatic rings. The molecule has 0 unspecified atom stereocenters. The molecular weight excluding hydrogens is 302 g/mol. The maximum Gasteiger partial charge on any atom is 0.155 e. The number of furan rings is 1. The lowest BCUT2D eigenvalue weighted by atomic mass is 10.1. The number of rotatable bonds is 4. The summed E-state index contributed by atoms with van der Waals surface area (Å²) in [7, 11) is 0. The van der Waals surface area contributed by atoms with Crippen LogP contribution in [0, 0.1) is 0 Å². The first-order chi connectivity index (χ1) is 11.7.